The van der Waals surface area contributed by atoms with Gasteiger partial charge in [0.05, 0.1) is 0 Å². The SMILES string of the molecule is FCc1ccc(C2CCCN2)c(Cl)c1. The highest BCUT2D eigenvalue weighted by atomic mass is 35.5. The Kier molecular flexibility index (Phi) is 3.04. The minimum absolute atomic E-state index is 0.358. The second kappa shape index (κ2) is 4.28. The summed E-state index contributed by atoms with van der Waals surface area (Å²) in [5.41, 5.74) is 1.75. The van der Waals surface area contributed by atoms with E-state index < -0.39 is 6.67 Å². The van der Waals surface area contributed by atoms with E-state index in [1.54, 1.807) is 12.1 Å². The molecule has 0 spiro atoms. The molecule has 1 atom stereocenters. The molecule has 1 saturated heterocycles. The lowest BCUT2D eigenvalue weighted by molar-refractivity contribution is 0.485. The van der Waals surface area contributed by atoms with Crippen LogP contribution in [-0.4, -0.2) is 6.54 Å². The Morgan fingerprint density at radius 2 is 2.36 bits per heavy atom. The summed E-state index contributed by atoms with van der Waals surface area (Å²) in [4.78, 5) is 0. The third-order valence-electron chi connectivity index (χ3n) is 2.65. The maximum Gasteiger partial charge on any atom is 0.115 e. The molecule has 3 heteroatoms. The predicted molar refractivity (Wildman–Crippen MR) is 56.2 cm³/mol. The van der Waals surface area contributed by atoms with Crippen LogP contribution in [0.15, 0.2) is 18.2 Å². The summed E-state index contributed by atoms with van der Waals surface area (Å²) < 4.78 is 12.3. The van der Waals surface area contributed by atoms with Crippen molar-refractivity contribution < 1.29 is 4.39 Å². The Morgan fingerprint density at radius 3 is 2.93 bits per heavy atom. The molecule has 0 aromatic heterocycles. The van der Waals surface area contributed by atoms with E-state index in [0.29, 0.717) is 16.6 Å². The van der Waals surface area contributed by atoms with E-state index in [4.69, 9.17) is 11.6 Å². The van der Waals surface area contributed by atoms with Crippen LogP contribution < -0.4 is 5.32 Å². The summed E-state index contributed by atoms with van der Waals surface area (Å²) in [5, 5.41) is 4.05. The normalized spacial score (nSPS) is 21.4. The van der Waals surface area contributed by atoms with Gasteiger partial charge in [0.15, 0.2) is 0 Å². The lowest BCUT2D eigenvalue weighted by Crippen LogP contribution is -2.13. The van der Waals surface area contributed by atoms with E-state index >= 15 is 0 Å². The zero-order valence-electron chi connectivity index (χ0n) is 7.89. The Balaban J connectivity index is 2.25. The van der Waals surface area contributed by atoms with E-state index in [2.05, 4.69) is 5.32 Å². The number of halogens is 2. The van der Waals surface area contributed by atoms with Gasteiger partial charge < -0.3 is 5.32 Å². The molecule has 1 aromatic carbocycles. The van der Waals surface area contributed by atoms with Crippen LogP contribution in [0.5, 0.6) is 0 Å². The summed E-state index contributed by atoms with van der Waals surface area (Å²) in [6.45, 7) is 0.601. The number of hydrogen-bond acceptors (Lipinski definition) is 1. The Labute approximate surface area is 88.3 Å². The van der Waals surface area contributed by atoms with Crippen LogP contribution in [0.4, 0.5) is 4.39 Å². The Hall–Kier alpha value is -0.600. The van der Waals surface area contributed by atoms with Crippen LogP contribution in [-0.2, 0) is 6.67 Å². The van der Waals surface area contributed by atoms with Gasteiger partial charge in [-0.2, -0.15) is 0 Å². The van der Waals surface area contributed by atoms with Crippen molar-refractivity contribution in [2.45, 2.75) is 25.6 Å². The second-order valence-electron chi connectivity index (χ2n) is 3.64. The van der Waals surface area contributed by atoms with E-state index in [-0.39, 0.29) is 0 Å². The third-order valence-corrected chi connectivity index (χ3v) is 2.98. The van der Waals surface area contributed by atoms with Crippen molar-refractivity contribution in [1.29, 1.82) is 0 Å². The fourth-order valence-corrected chi connectivity index (χ4v) is 2.22. The summed E-state index contributed by atoms with van der Waals surface area (Å²) in [6.07, 6.45) is 2.31. The first-order valence-corrected chi connectivity index (χ1v) is 5.26. The molecule has 14 heavy (non-hydrogen) atoms. The van der Waals surface area contributed by atoms with Gasteiger partial charge in [-0.05, 0) is 36.6 Å². The average molecular weight is 214 g/mol. The molecule has 1 unspecified atom stereocenters. The van der Waals surface area contributed by atoms with Crippen molar-refractivity contribution >= 4 is 11.6 Å². The smallest absolute Gasteiger partial charge is 0.115 e. The summed E-state index contributed by atoms with van der Waals surface area (Å²) >= 11 is 6.08. The largest absolute Gasteiger partial charge is 0.310 e. The molecule has 76 valence electrons. The van der Waals surface area contributed by atoms with Crippen LogP contribution in [0.3, 0.4) is 0 Å². The number of benzene rings is 1. The maximum atomic E-state index is 12.3. The Bertz CT molecular complexity index is 321. The number of alkyl halides is 1. The number of nitrogens with one attached hydrogen (secondary N) is 1. The molecule has 0 radical (unpaired) electrons. The summed E-state index contributed by atoms with van der Waals surface area (Å²) in [6, 6.07) is 5.81. The highest BCUT2D eigenvalue weighted by molar-refractivity contribution is 6.31. The third kappa shape index (κ3) is 1.91. The molecule has 1 aliphatic rings. The lowest BCUT2D eigenvalue weighted by Gasteiger charge is -2.12. The van der Waals surface area contributed by atoms with Gasteiger partial charge in [-0.1, -0.05) is 23.7 Å². The van der Waals surface area contributed by atoms with E-state index in [1.807, 2.05) is 6.07 Å². The first-order valence-electron chi connectivity index (χ1n) is 4.89. The van der Waals surface area contributed by atoms with Crippen molar-refractivity contribution in [3.8, 4) is 0 Å². The standard InChI is InChI=1S/C11H13ClFN/c12-10-6-8(7-13)3-4-9(10)11-2-1-5-14-11/h3-4,6,11,14H,1-2,5,7H2. The first-order chi connectivity index (χ1) is 6.81. The highest BCUT2D eigenvalue weighted by Gasteiger charge is 2.18. The first kappa shape index (κ1) is 9.94. The van der Waals surface area contributed by atoms with Crippen LogP contribution in [0, 0.1) is 0 Å². The van der Waals surface area contributed by atoms with Crippen LogP contribution in [0.1, 0.15) is 30.0 Å². The van der Waals surface area contributed by atoms with Gasteiger partial charge in [0.25, 0.3) is 0 Å². The molecule has 1 N–H and O–H groups in total. The molecular formula is C11H13ClFN. The van der Waals surface area contributed by atoms with Crippen LogP contribution in [0.25, 0.3) is 0 Å². The van der Waals surface area contributed by atoms with Crippen molar-refractivity contribution in [3.05, 3.63) is 34.3 Å². The van der Waals surface area contributed by atoms with Crippen molar-refractivity contribution in [2.75, 3.05) is 6.54 Å². The summed E-state index contributed by atoms with van der Waals surface area (Å²) in [5.74, 6) is 0. The monoisotopic (exact) mass is 213 g/mol. The molecule has 1 aliphatic heterocycles. The zero-order chi connectivity index (χ0) is 9.97. The molecule has 0 amide bonds. The van der Waals surface area contributed by atoms with Gasteiger partial charge in [0.2, 0.25) is 0 Å². The number of rotatable bonds is 2. The molecular weight excluding hydrogens is 201 g/mol. The predicted octanol–water partition coefficient (Wildman–Crippen LogP) is 3.23. The fraction of sp³-hybridized carbons (Fsp3) is 0.455. The molecule has 1 heterocycles. The zero-order valence-corrected chi connectivity index (χ0v) is 8.65. The molecule has 1 fully saturated rings. The van der Waals surface area contributed by atoms with Crippen molar-refractivity contribution in [1.82, 2.24) is 5.32 Å². The maximum absolute atomic E-state index is 12.3. The average Bonchev–Trinajstić information content (AvgIpc) is 2.70. The van der Waals surface area contributed by atoms with Crippen molar-refractivity contribution in [2.24, 2.45) is 0 Å². The fourth-order valence-electron chi connectivity index (χ4n) is 1.89. The topological polar surface area (TPSA) is 12.0 Å². The number of hydrogen-bond donors (Lipinski definition) is 1. The molecule has 0 bridgehead atoms. The van der Waals surface area contributed by atoms with E-state index in [9.17, 15) is 4.39 Å². The second-order valence-corrected chi connectivity index (χ2v) is 4.05. The van der Waals surface area contributed by atoms with E-state index in [0.717, 1.165) is 18.5 Å². The van der Waals surface area contributed by atoms with Gasteiger partial charge in [-0.25, -0.2) is 4.39 Å². The molecule has 1 aromatic rings. The van der Waals surface area contributed by atoms with Gasteiger partial charge in [0, 0.05) is 11.1 Å². The minimum atomic E-state index is -0.446. The quantitative estimate of drug-likeness (QED) is 0.796. The molecule has 2 rings (SSSR count). The van der Waals surface area contributed by atoms with Crippen LogP contribution >= 0.6 is 11.6 Å². The van der Waals surface area contributed by atoms with Crippen molar-refractivity contribution in [3.63, 3.8) is 0 Å². The van der Waals surface area contributed by atoms with Gasteiger partial charge in [0.1, 0.15) is 6.67 Å². The van der Waals surface area contributed by atoms with E-state index in [1.165, 1.54) is 6.42 Å². The minimum Gasteiger partial charge on any atom is -0.310 e. The van der Waals surface area contributed by atoms with Crippen LogP contribution in [0.2, 0.25) is 5.02 Å². The lowest BCUT2D eigenvalue weighted by atomic mass is 10.0. The molecule has 0 saturated carbocycles. The van der Waals surface area contributed by atoms with Gasteiger partial charge in [-0.15, -0.1) is 0 Å². The highest BCUT2D eigenvalue weighted by Crippen LogP contribution is 2.29. The van der Waals surface area contributed by atoms with Gasteiger partial charge >= 0.3 is 0 Å². The Morgan fingerprint density at radius 1 is 1.50 bits per heavy atom. The summed E-state index contributed by atoms with van der Waals surface area (Å²) in [7, 11) is 0. The molecule has 1 nitrogen and oxygen atoms in total. The molecule has 0 aliphatic carbocycles. The van der Waals surface area contributed by atoms with Gasteiger partial charge in [-0.3, -0.25) is 0 Å².